The molecule has 27 heavy (non-hydrogen) atoms. The molecule has 2 aliphatic rings. The summed E-state index contributed by atoms with van der Waals surface area (Å²) in [6, 6.07) is 5.17. The van der Waals surface area contributed by atoms with Crippen LogP contribution in [-0.2, 0) is 22.6 Å². The summed E-state index contributed by atoms with van der Waals surface area (Å²) in [6.07, 6.45) is 1.77. The molecule has 8 nitrogen and oxygen atoms in total. The van der Waals surface area contributed by atoms with Gasteiger partial charge in [-0.3, -0.25) is 19.0 Å². The van der Waals surface area contributed by atoms with E-state index in [0.29, 0.717) is 49.4 Å². The van der Waals surface area contributed by atoms with Crippen molar-refractivity contribution in [3.63, 3.8) is 0 Å². The SMILES string of the molecule is CC(=O)N1CCN(C(=O)COc2ccc3nc4n(c(=O)c3c2)CCC4)CC1. The first kappa shape index (κ1) is 17.5. The Morgan fingerprint density at radius 3 is 2.59 bits per heavy atom. The molecule has 1 aromatic heterocycles. The highest BCUT2D eigenvalue weighted by Crippen LogP contribution is 2.20. The molecule has 4 rings (SSSR count). The number of amides is 2. The minimum atomic E-state index is -0.123. The highest BCUT2D eigenvalue weighted by atomic mass is 16.5. The van der Waals surface area contributed by atoms with Crippen molar-refractivity contribution in [1.29, 1.82) is 0 Å². The maximum atomic E-state index is 12.6. The van der Waals surface area contributed by atoms with Gasteiger partial charge in [-0.05, 0) is 24.6 Å². The van der Waals surface area contributed by atoms with Gasteiger partial charge in [0.2, 0.25) is 5.91 Å². The number of carbonyl (C=O) groups excluding carboxylic acids is 2. The summed E-state index contributed by atoms with van der Waals surface area (Å²) in [5.41, 5.74) is 0.608. The second-order valence-electron chi connectivity index (χ2n) is 6.94. The van der Waals surface area contributed by atoms with Gasteiger partial charge in [-0.1, -0.05) is 0 Å². The molecule has 8 heteroatoms. The van der Waals surface area contributed by atoms with Crippen LogP contribution in [0.25, 0.3) is 10.9 Å². The summed E-state index contributed by atoms with van der Waals surface area (Å²) in [6.45, 7) is 4.26. The summed E-state index contributed by atoms with van der Waals surface area (Å²) >= 11 is 0. The molecule has 0 radical (unpaired) electrons. The third-order valence-electron chi connectivity index (χ3n) is 5.23. The summed E-state index contributed by atoms with van der Waals surface area (Å²) < 4.78 is 7.34. The molecule has 0 atom stereocenters. The fraction of sp³-hybridized carbons (Fsp3) is 0.474. The number of nitrogens with zero attached hydrogens (tertiary/aromatic N) is 4. The Morgan fingerprint density at radius 1 is 1.11 bits per heavy atom. The molecule has 0 unspecified atom stereocenters. The molecule has 3 heterocycles. The van der Waals surface area contributed by atoms with Crippen molar-refractivity contribution in [1.82, 2.24) is 19.4 Å². The van der Waals surface area contributed by atoms with Gasteiger partial charge in [-0.15, -0.1) is 0 Å². The van der Waals surface area contributed by atoms with Crippen LogP contribution in [0.1, 0.15) is 19.2 Å². The van der Waals surface area contributed by atoms with Crippen molar-refractivity contribution in [2.45, 2.75) is 26.3 Å². The van der Waals surface area contributed by atoms with Crippen molar-refractivity contribution in [2.75, 3.05) is 32.8 Å². The molecule has 1 saturated heterocycles. The van der Waals surface area contributed by atoms with Crippen LogP contribution < -0.4 is 10.3 Å². The maximum absolute atomic E-state index is 12.6. The normalized spacial score (nSPS) is 16.5. The first-order valence-corrected chi connectivity index (χ1v) is 9.22. The topological polar surface area (TPSA) is 84.7 Å². The van der Waals surface area contributed by atoms with Crippen LogP contribution in [0.15, 0.2) is 23.0 Å². The third-order valence-corrected chi connectivity index (χ3v) is 5.23. The fourth-order valence-electron chi connectivity index (χ4n) is 3.66. The van der Waals surface area contributed by atoms with Crippen LogP contribution in [0.5, 0.6) is 5.75 Å². The quantitative estimate of drug-likeness (QED) is 0.781. The molecule has 1 fully saturated rings. The first-order valence-electron chi connectivity index (χ1n) is 9.22. The highest BCUT2D eigenvalue weighted by Gasteiger charge is 2.22. The number of benzene rings is 1. The van der Waals surface area contributed by atoms with E-state index in [1.807, 2.05) is 0 Å². The van der Waals surface area contributed by atoms with Gasteiger partial charge >= 0.3 is 0 Å². The lowest BCUT2D eigenvalue weighted by atomic mass is 10.2. The fourth-order valence-corrected chi connectivity index (χ4v) is 3.66. The number of rotatable bonds is 3. The van der Waals surface area contributed by atoms with Gasteiger partial charge in [-0.25, -0.2) is 4.98 Å². The number of fused-ring (bicyclic) bond motifs is 2. The lowest BCUT2D eigenvalue weighted by Crippen LogP contribution is -2.51. The Morgan fingerprint density at radius 2 is 1.85 bits per heavy atom. The number of hydrogen-bond donors (Lipinski definition) is 0. The van der Waals surface area contributed by atoms with Gasteiger partial charge < -0.3 is 14.5 Å². The Kier molecular flexibility index (Phi) is 4.55. The van der Waals surface area contributed by atoms with Crippen LogP contribution >= 0.6 is 0 Å². The lowest BCUT2D eigenvalue weighted by molar-refractivity contribution is -0.139. The highest BCUT2D eigenvalue weighted by molar-refractivity contribution is 5.81. The summed E-state index contributed by atoms with van der Waals surface area (Å²) in [5, 5.41) is 0.515. The zero-order chi connectivity index (χ0) is 19.0. The van der Waals surface area contributed by atoms with Gasteiger partial charge in [0, 0.05) is 46.1 Å². The van der Waals surface area contributed by atoms with Crippen molar-refractivity contribution < 1.29 is 14.3 Å². The average molecular weight is 370 g/mol. The zero-order valence-corrected chi connectivity index (χ0v) is 15.3. The molecule has 1 aromatic carbocycles. The van der Waals surface area contributed by atoms with Crippen molar-refractivity contribution >= 4 is 22.7 Å². The largest absolute Gasteiger partial charge is 0.484 e. The van der Waals surface area contributed by atoms with Crippen molar-refractivity contribution in [2.24, 2.45) is 0 Å². The van der Waals surface area contributed by atoms with E-state index in [1.165, 1.54) is 6.92 Å². The molecule has 2 aromatic rings. The summed E-state index contributed by atoms with van der Waals surface area (Å²) in [4.78, 5) is 44.3. The average Bonchev–Trinajstić information content (AvgIpc) is 3.15. The molecule has 0 bridgehead atoms. The molecule has 142 valence electrons. The standard InChI is InChI=1S/C19H22N4O4/c1-13(24)21-7-9-22(10-8-21)18(25)12-27-14-4-5-16-15(11-14)19(26)23-6-2-3-17(23)20-16/h4-5,11H,2-3,6-10,12H2,1H3. The second-order valence-corrected chi connectivity index (χ2v) is 6.94. The van der Waals surface area contributed by atoms with E-state index >= 15 is 0 Å². The zero-order valence-electron chi connectivity index (χ0n) is 15.3. The van der Waals surface area contributed by atoms with Crippen LogP contribution in [0.4, 0.5) is 0 Å². The smallest absolute Gasteiger partial charge is 0.261 e. The van der Waals surface area contributed by atoms with Crippen LogP contribution in [-0.4, -0.2) is 64.0 Å². The predicted molar refractivity (Wildman–Crippen MR) is 98.7 cm³/mol. The van der Waals surface area contributed by atoms with E-state index in [9.17, 15) is 14.4 Å². The van der Waals surface area contributed by atoms with Gasteiger partial charge in [0.25, 0.3) is 11.5 Å². The third kappa shape index (κ3) is 3.39. The van der Waals surface area contributed by atoms with Gasteiger partial charge in [0.15, 0.2) is 6.61 Å². The number of carbonyl (C=O) groups is 2. The maximum Gasteiger partial charge on any atom is 0.261 e. The van der Waals surface area contributed by atoms with Crippen molar-refractivity contribution in [3.8, 4) is 5.75 Å². The molecule has 0 N–H and O–H groups in total. The number of piperazine rings is 1. The van der Waals surface area contributed by atoms with Crippen LogP contribution in [0.3, 0.4) is 0 Å². The molecular formula is C19H22N4O4. The Bertz CT molecular complexity index is 960. The van der Waals surface area contributed by atoms with E-state index in [2.05, 4.69) is 4.98 Å². The number of aryl methyl sites for hydroxylation is 1. The molecular weight excluding hydrogens is 348 g/mol. The Hall–Kier alpha value is -2.90. The predicted octanol–water partition coefficient (Wildman–Crippen LogP) is 0.412. The van der Waals surface area contributed by atoms with E-state index in [-0.39, 0.29) is 24.0 Å². The van der Waals surface area contributed by atoms with Crippen LogP contribution in [0, 0.1) is 0 Å². The van der Waals surface area contributed by atoms with E-state index in [4.69, 9.17) is 4.74 Å². The first-order chi connectivity index (χ1) is 13.0. The minimum Gasteiger partial charge on any atom is -0.484 e. The molecule has 2 aliphatic heterocycles. The van der Waals surface area contributed by atoms with Gasteiger partial charge in [-0.2, -0.15) is 0 Å². The monoisotopic (exact) mass is 370 g/mol. The number of aromatic nitrogens is 2. The van der Waals surface area contributed by atoms with Gasteiger partial charge in [0.05, 0.1) is 10.9 Å². The Labute approximate surface area is 156 Å². The van der Waals surface area contributed by atoms with Crippen molar-refractivity contribution in [3.05, 3.63) is 34.4 Å². The molecule has 2 amide bonds. The number of ether oxygens (including phenoxy) is 1. The van der Waals surface area contributed by atoms with E-state index < -0.39 is 0 Å². The Balaban J connectivity index is 1.43. The van der Waals surface area contributed by atoms with E-state index in [1.54, 1.807) is 32.6 Å². The summed E-state index contributed by atoms with van der Waals surface area (Å²) in [5.74, 6) is 1.22. The minimum absolute atomic E-state index is 0.0286. The van der Waals surface area contributed by atoms with Crippen LogP contribution in [0.2, 0.25) is 0 Å². The van der Waals surface area contributed by atoms with Gasteiger partial charge in [0.1, 0.15) is 11.6 Å². The molecule has 0 saturated carbocycles. The second kappa shape index (κ2) is 7.02. The number of hydrogen-bond acceptors (Lipinski definition) is 5. The molecule has 0 aliphatic carbocycles. The molecule has 0 spiro atoms. The lowest BCUT2D eigenvalue weighted by Gasteiger charge is -2.34. The van der Waals surface area contributed by atoms with E-state index in [0.717, 1.165) is 18.7 Å². The summed E-state index contributed by atoms with van der Waals surface area (Å²) in [7, 11) is 0.